The molecule has 5 nitrogen and oxygen atoms in total. The van der Waals surface area contributed by atoms with Crippen LogP contribution in [0.5, 0.6) is 0 Å². The highest BCUT2D eigenvalue weighted by Gasteiger charge is 2.22. The summed E-state index contributed by atoms with van der Waals surface area (Å²) in [5.41, 5.74) is -1.05. The fraction of sp³-hybridized carbons (Fsp3) is 0.500. The lowest BCUT2D eigenvalue weighted by molar-refractivity contribution is 0.0613. The quantitative estimate of drug-likeness (QED) is 0.856. The summed E-state index contributed by atoms with van der Waals surface area (Å²) in [6.07, 6.45) is 3.22. The molecule has 1 heterocycles. The molecule has 0 aliphatic heterocycles. The molecular formula is C10H15BrN2O3S. The molecule has 0 fully saturated rings. The minimum Gasteiger partial charge on any atom is -0.389 e. The van der Waals surface area contributed by atoms with E-state index in [1.54, 1.807) is 13.8 Å². The van der Waals surface area contributed by atoms with E-state index in [0.29, 0.717) is 10.9 Å². The Bertz CT molecular complexity index is 488. The molecule has 96 valence electrons. The summed E-state index contributed by atoms with van der Waals surface area (Å²) >= 11 is 3.15. The van der Waals surface area contributed by atoms with E-state index in [0.717, 1.165) is 0 Å². The Balaban J connectivity index is 2.83. The second-order valence-corrected chi connectivity index (χ2v) is 6.70. The molecule has 0 aliphatic carbocycles. The molecule has 1 rings (SSSR count). The third kappa shape index (κ3) is 4.34. The number of nitrogens with zero attached hydrogens (tertiary/aromatic N) is 1. The predicted octanol–water partition coefficient (Wildman–Crippen LogP) is 1.28. The van der Waals surface area contributed by atoms with Gasteiger partial charge in [-0.15, -0.1) is 0 Å². The van der Waals surface area contributed by atoms with Crippen molar-refractivity contribution in [2.45, 2.75) is 30.8 Å². The Morgan fingerprint density at radius 1 is 1.53 bits per heavy atom. The van der Waals surface area contributed by atoms with Crippen LogP contribution >= 0.6 is 15.9 Å². The molecule has 7 heteroatoms. The maximum Gasteiger partial charge on any atom is 0.242 e. The average Bonchev–Trinajstić information content (AvgIpc) is 2.27. The maximum atomic E-state index is 11.9. The van der Waals surface area contributed by atoms with Crippen LogP contribution in [0.1, 0.15) is 20.3 Å². The van der Waals surface area contributed by atoms with Crippen LogP contribution in [0, 0.1) is 0 Å². The average molecular weight is 323 g/mol. The zero-order valence-electron chi connectivity index (χ0n) is 9.64. The molecule has 1 aromatic rings. The summed E-state index contributed by atoms with van der Waals surface area (Å²) in [4.78, 5) is 3.85. The Labute approximate surface area is 109 Å². The minimum absolute atomic E-state index is 0.0294. The van der Waals surface area contributed by atoms with E-state index >= 15 is 0 Å². The molecule has 1 aromatic heterocycles. The number of sulfonamides is 1. The van der Waals surface area contributed by atoms with Gasteiger partial charge in [0.05, 0.1) is 5.60 Å². The zero-order chi connectivity index (χ0) is 13.1. The largest absolute Gasteiger partial charge is 0.389 e. The highest BCUT2D eigenvalue weighted by molar-refractivity contribution is 9.10. The monoisotopic (exact) mass is 322 g/mol. The van der Waals surface area contributed by atoms with Crippen molar-refractivity contribution in [2.24, 2.45) is 0 Å². The van der Waals surface area contributed by atoms with E-state index in [1.165, 1.54) is 18.5 Å². The number of rotatable bonds is 5. The molecule has 0 bridgehead atoms. The summed E-state index contributed by atoms with van der Waals surface area (Å²) in [5, 5.41) is 9.74. The van der Waals surface area contributed by atoms with Gasteiger partial charge in [-0.2, -0.15) is 0 Å². The second-order valence-electron chi connectivity index (χ2n) is 4.01. The van der Waals surface area contributed by atoms with Crippen LogP contribution in [0.3, 0.4) is 0 Å². The third-order valence-electron chi connectivity index (χ3n) is 2.39. The second kappa shape index (κ2) is 5.43. The smallest absolute Gasteiger partial charge is 0.242 e. The predicted molar refractivity (Wildman–Crippen MR) is 68.0 cm³/mol. The van der Waals surface area contributed by atoms with Crippen molar-refractivity contribution in [3.63, 3.8) is 0 Å². The number of nitrogens with one attached hydrogen (secondary N) is 1. The van der Waals surface area contributed by atoms with Gasteiger partial charge in [0.1, 0.15) is 4.90 Å². The number of hydrogen-bond acceptors (Lipinski definition) is 4. The van der Waals surface area contributed by atoms with Gasteiger partial charge in [-0.1, -0.05) is 6.92 Å². The summed E-state index contributed by atoms with van der Waals surface area (Å²) in [6, 6.07) is 1.45. The van der Waals surface area contributed by atoms with Gasteiger partial charge in [0.25, 0.3) is 0 Å². The van der Waals surface area contributed by atoms with Gasteiger partial charge < -0.3 is 5.11 Å². The standard InChI is InChI=1S/C10H15BrN2O3S/c1-3-10(2,14)7-13-17(15,16)9-4-8(11)5-12-6-9/h4-6,13-14H,3,7H2,1-2H3. The number of aliphatic hydroxyl groups is 1. The summed E-state index contributed by atoms with van der Waals surface area (Å²) in [6.45, 7) is 3.34. The van der Waals surface area contributed by atoms with E-state index < -0.39 is 15.6 Å². The summed E-state index contributed by atoms with van der Waals surface area (Å²) in [5.74, 6) is 0. The number of pyridine rings is 1. The number of halogens is 1. The lowest BCUT2D eigenvalue weighted by Crippen LogP contribution is -2.40. The van der Waals surface area contributed by atoms with Crippen LogP contribution in [-0.4, -0.2) is 30.7 Å². The molecule has 1 atom stereocenters. The summed E-state index contributed by atoms with van der Waals surface area (Å²) < 4.78 is 26.7. The zero-order valence-corrected chi connectivity index (χ0v) is 12.0. The van der Waals surface area contributed by atoms with E-state index in [1.807, 2.05) is 0 Å². The summed E-state index contributed by atoms with van der Waals surface area (Å²) in [7, 11) is -3.63. The molecular weight excluding hydrogens is 308 g/mol. The van der Waals surface area contributed by atoms with Gasteiger partial charge in [-0.05, 0) is 35.3 Å². The van der Waals surface area contributed by atoms with E-state index in [9.17, 15) is 13.5 Å². The van der Waals surface area contributed by atoms with Gasteiger partial charge in [0.15, 0.2) is 0 Å². The van der Waals surface area contributed by atoms with Crippen LogP contribution in [-0.2, 0) is 10.0 Å². The van der Waals surface area contributed by atoms with E-state index in [4.69, 9.17) is 0 Å². The molecule has 1 unspecified atom stereocenters. The van der Waals surface area contributed by atoms with Crippen LogP contribution < -0.4 is 4.72 Å². The Kier molecular flexibility index (Phi) is 4.65. The van der Waals surface area contributed by atoms with Crippen LogP contribution in [0.4, 0.5) is 0 Å². The Morgan fingerprint density at radius 2 is 2.18 bits per heavy atom. The molecule has 0 saturated heterocycles. The highest BCUT2D eigenvalue weighted by atomic mass is 79.9. The van der Waals surface area contributed by atoms with Gasteiger partial charge >= 0.3 is 0 Å². The van der Waals surface area contributed by atoms with Crippen LogP contribution in [0.15, 0.2) is 27.8 Å². The molecule has 17 heavy (non-hydrogen) atoms. The molecule has 2 N–H and O–H groups in total. The normalized spacial score (nSPS) is 15.5. The topological polar surface area (TPSA) is 79.3 Å². The maximum absolute atomic E-state index is 11.9. The van der Waals surface area contributed by atoms with Crippen molar-refractivity contribution in [3.8, 4) is 0 Å². The van der Waals surface area contributed by atoms with Crippen molar-refractivity contribution < 1.29 is 13.5 Å². The lowest BCUT2D eigenvalue weighted by Gasteiger charge is -2.21. The van der Waals surface area contributed by atoms with E-state index in [2.05, 4.69) is 25.6 Å². The molecule has 0 amide bonds. The fourth-order valence-electron chi connectivity index (χ4n) is 0.998. The fourth-order valence-corrected chi connectivity index (χ4v) is 2.66. The molecule has 0 saturated carbocycles. The first-order valence-electron chi connectivity index (χ1n) is 5.09. The number of aromatic nitrogens is 1. The number of hydrogen-bond donors (Lipinski definition) is 2. The lowest BCUT2D eigenvalue weighted by atomic mass is 10.1. The molecule has 0 radical (unpaired) electrons. The first kappa shape index (κ1) is 14.6. The Hall–Kier alpha value is -0.500. The minimum atomic E-state index is -3.63. The first-order chi connectivity index (χ1) is 7.77. The van der Waals surface area contributed by atoms with Crippen molar-refractivity contribution in [2.75, 3.05) is 6.54 Å². The van der Waals surface area contributed by atoms with Crippen molar-refractivity contribution in [3.05, 3.63) is 22.9 Å². The van der Waals surface area contributed by atoms with Gasteiger partial charge in [-0.25, -0.2) is 13.1 Å². The van der Waals surface area contributed by atoms with Gasteiger partial charge in [-0.3, -0.25) is 4.98 Å². The van der Waals surface area contributed by atoms with Crippen LogP contribution in [0.25, 0.3) is 0 Å². The molecule has 0 aliphatic rings. The van der Waals surface area contributed by atoms with Crippen molar-refractivity contribution in [1.29, 1.82) is 0 Å². The van der Waals surface area contributed by atoms with Crippen molar-refractivity contribution >= 4 is 26.0 Å². The van der Waals surface area contributed by atoms with Gasteiger partial charge in [0.2, 0.25) is 10.0 Å². The molecule has 0 spiro atoms. The van der Waals surface area contributed by atoms with E-state index in [-0.39, 0.29) is 11.4 Å². The van der Waals surface area contributed by atoms with Crippen LogP contribution in [0.2, 0.25) is 0 Å². The van der Waals surface area contributed by atoms with Gasteiger partial charge in [0, 0.05) is 23.4 Å². The Morgan fingerprint density at radius 3 is 2.71 bits per heavy atom. The molecule has 0 aromatic carbocycles. The third-order valence-corrected chi connectivity index (χ3v) is 4.20. The SMILES string of the molecule is CCC(C)(O)CNS(=O)(=O)c1cncc(Br)c1. The van der Waals surface area contributed by atoms with Crippen molar-refractivity contribution in [1.82, 2.24) is 9.71 Å². The first-order valence-corrected chi connectivity index (χ1v) is 7.37. The highest BCUT2D eigenvalue weighted by Crippen LogP contribution is 2.15.